The molecule has 0 bridgehead atoms. The number of nitrogens with zero attached hydrogens (tertiary/aromatic N) is 1. The summed E-state index contributed by atoms with van der Waals surface area (Å²) in [6.07, 6.45) is 1.65. The summed E-state index contributed by atoms with van der Waals surface area (Å²) >= 11 is 0. The molecule has 1 aromatic heterocycles. The number of hydrogen-bond donors (Lipinski definition) is 0. The maximum atomic E-state index is 5.07. The number of fused-ring (bicyclic) bond motifs is 1. The summed E-state index contributed by atoms with van der Waals surface area (Å²) in [6.45, 7) is 0. The van der Waals surface area contributed by atoms with E-state index in [1.165, 1.54) is 0 Å². The molecule has 0 aliphatic rings. The number of benzene rings is 1. The topological polar surface area (TPSA) is 22.1 Å². The number of ether oxygens (including phenoxy) is 1. The number of hydrogen-bond acceptors (Lipinski definition) is 2. The maximum absolute atomic E-state index is 5.07. The van der Waals surface area contributed by atoms with Gasteiger partial charge in [-0.1, -0.05) is 0 Å². The lowest BCUT2D eigenvalue weighted by molar-refractivity contribution is 0.415. The fraction of sp³-hybridized carbons (Fsp3) is 0.100. The average molecular weight is 158 g/mol. The van der Waals surface area contributed by atoms with Crippen molar-refractivity contribution in [1.82, 2.24) is 4.98 Å². The standard InChI is InChI=1S/C10H8NO/c1-12-9-5-4-8-3-2-6-11-10(8)7-9/h3-7H,1H3. The second-order valence-corrected chi connectivity index (χ2v) is 2.49. The lowest BCUT2D eigenvalue weighted by Crippen LogP contribution is -1.83. The van der Waals surface area contributed by atoms with Crippen LogP contribution < -0.4 is 4.74 Å². The van der Waals surface area contributed by atoms with Crippen LogP contribution in [0.5, 0.6) is 5.75 Å². The van der Waals surface area contributed by atoms with E-state index in [1.807, 2.05) is 24.3 Å². The summed E-state index contributed by atoms with van der Waals surface area (Å²) in [5.41, 5.74) is 0.938. The Bertz CT molecular complexity index is 398. The van der Waals surface area contributed by atoms with Gasteiger partial charge in [0.05, 0.1) is 12.6 Å². The van der Waals surface area contributed by atoms with Gasteiger partial charge >= 0.3 is 0 Å². The summed E-state index contributed by atoms with van der Waals surface area (Å²) in [5, 5.41) is 1.08. The summed E-state index contributed by atoms with van der Waals surface area (Å²) in [6, 6.07) is 10.6. The number of rotatable bonds is 1. The third-order valence-electron chi connectivity index (χ3n) is 1.75. The normalized spacial score (nSPS) is 10.1. The highest BCUT2D eigenvalue weighted by Crippen LogP contribution is 2.17. The van der Waals surface area contributed by atoms with Crippen LogP contribution in [0.1, 0.15) is 0 Å². The quantitative estimate of drug-likeness (QED) is 0.633. The fourth-order valence-electron chi connectivity index (χ4n) is 1.12. The number of methoxy groups -OCH3 is 1. The smallest absolute Gasteiger partial charge is 0.121 e. The van der Waals surface area contributed by atoms with Gasteiger partial charge in [-0.15, -0.1) is 0 Å². The molecule has 0 atom stereocenters. The van der Waals surface area contributed by atoms with Crippen LogP contribution in [-0.2, 0) is 0 Å². The Morgan fingerprint density at radius 3 is 3.17 bits per heavy atom. The summed E-state index contributed by atoms with van der Waals surface area (Å²) < 4.78 is 5.07. The SMILES string of the molecule is COc1ccc2c[c]cnc2c1. The first-order valence-electron chi connectivity index (χ1n) is 3.70. The van der Waals surface area contributed by atoms with Crippen LogP contribution in [0.2, 0.25) is 0 Å². The molecule has 0 unspecified atom stereocenters. The van der Waals surface area contributed by atoms with Crippen molar-refractivity contribution < 1.29 is 4.74 Å². The van der Waals surface area contributed by atoms with Crippen molar-refractivity contribution in [1.29, 1.82) is 0 Å². The molecule has 0 N–H and O–H groups in total. The minimum atomic E-state index is 0.834. The summed E-state index contributed by atoms with van der Waals surface area (Å²) in [4.78, 5) is 4.15. The van der Waals surface area contributed by atoms with E-state index in [1.54, 1.807) is 13.3 Å². The molecule has 2 aromatic rings. The van der Waals surface area contributed by atoms with E-state index in [0.29, 0.717) is 0 Å². The molecule has 12 heavy (non-hydrogen) atoms. The predicted octanol–water partition coefficient (Wildman–Crippen LogP) is 2.04. The first-order chi connectivity index (χ1) is 5.90. The van der Waals surface area contributed by atoms with Gasteiger partial charge in [0.2, 0.25) is 0 Å². The minimum Gasteiger partial charge on any atom is -0.497 e. The van der Waals surface area contributed by atoms with Crippen LogP contribution in [0.15, 0.2) is 30.5 Å². The Hall–Kier alpha value is -1.57. The lowest BCUT2D eigenvalue weighted by Gasteiger charge is -2.00. The highest BCUT2D eigenvalue weighted by molar-refractivity contribution is 5.79. The van der Waals surface area contributed by atoms with Gasteiger partial charge in [0.1, 0.15) is 5.75 Å². The maximum Gasteiger partial charge on any atom is 0.121 e. The van der Waals surface area contributed by atoms with Crippen molar-refractivity contribution >= 4 is 10.9 Å². The van der Waals surface area contributed by atoms with E-state index < -0.39 is 0 Å². The zero-order chi connectivity index (χ0) is 8.39. The van der Waals surface area contributed by atoms with Crippen molar-refractivity contribution in [3.05, 3.63) is 36.5 Å². The van der Waals surface area contributed by atoms with E-state index >= 15 is 0 Å². The van der Waals surface area contributed by atoms with Crippen LogP contribution >= 0.6 is 0 Å². The molecule has 0 amide bonds. The Labute approximate surface area is 70.8 Å². The Balaban J connectivity index is 2.67. The molecule has 59 valence electrons. The second kappa shape index (κ2) is 2.81. The van der Waals surface area contributed by atoms with Crippen molar-refractivity contribution in [3.63, 3.8) is 0 Å². The number of pyridine rings is 1. The molecule has 2 heteroatoms. The minimum absolute atomic E-state index is 0.834. The largest absolute Gasteiger partial charge is 0.497 e. The zero-order valence-corrected chi connectivity index (χ0v) is 6.74. The van der Waals surface area contributed by atoms with Crippen molar-refractivity contribution in [2.45, 2.75) is 0 Å². The second-order valence-electron chi connectivity index (χ2n) is 2.49. The molecule has 0 aliphatic carbocycles. The van der Waals surface area contributed by atoms with E-state index in [4.69, 9.17) is 4.74 Å². The summed E-state index contributed by atoms with van der Waals surface area (Å²) in [7, 11) is 1.65. The van der Waals surface area contributed by atoms with E-state index in [2.05, 4.69) is 11.1 Å². The van der Waals surface area contributed by atoms with E-state index in [0.717, 1.165) is 16.7 Å². The third kappa shape index (κ3) is 1.11. The van der Waals surface area contributed by atoms with Gasteiger partial charge in [0.15, 0.2) is 0 Å². The highest BCUT2D eigenvalue weighted by atomic mass is 16.5. The van der Waals surface area contributed by atoms with Gasteiger partial charge < -0.3 is 4.74 Å². The van der Waals surface area contributed by atoms with Gasteiger partial charge in [-0.2, -0.15) is 0 Å². The number of aromatic nitrogens is 1. The van der Waals surface area contributed by atoms with E-state index in [9.17, 15) is 0 Å². The van der Waals surface area contributed by atoms with Gasteiger partial charge in [0, 0.05) is 23.7 Å². The molecule has 1 heterocycles. The Kier molecular flexibility index (Phi) is 1.67. The van der Waals surface area contributed by atoms with Crippen LogP contribution in [0.3, 0.4) is 0 Å². The molecule has 1 aromatic carbocycles. The van der Waals surface area contributed by atoms with Crippen LogP contribution in [-0.4, -0.2) is 12.1 Å². The first kappa shape index (κ1) is 7.10. The van der Waals surface area contributed by atoms with Crippen LogP contribution in [0, 0.1) is 6.07 Å². The lowest BCUT2D eigenvalue weighted by atomic mass is 10.2. The monoisotopic (exact) mass is 158 g/mol. The molecule has 0 aliphatic heterocycles. The zero-order valence-electron chi connectivity index (χ0n) is 6.74. The third-order valence-corrected chi connectivity index (χ3v) is 1.75. The van der Waals surface area contributed by atoms with Crippen LogP contribution in [0.25, 0.3) is 10.9 Å². The van der Waals surface area contributed by atoms with E-state index in [-0.39, 0.29) is 0 Å². The molecule has 2 rings (SSSR count). The van der Waals surface area contributed by atoms with Gasteiger partial charge in [-0.05, 0) is 18.2 Å². The van der Waals surface area contributed by atoms with Gasteiger partial charge in [0.25, 0.3) is 0 Å². The molecule has 2 nitrogen and oxygen atoms in total. The molecule has 0 spiro atoms. The molecule has 1 radical (unpaired) electrons. The molecular weight excluding hydrogens is 150 g/mol. The van der Waals surface area contributed by atoms with Gasteiger partial charge in [-0.3, -0.25) is 4.98 Å². The average Bonchev–Trinajstić information content (AvgIpc) is 2.17. The fourth-order valence-corrected chi connectivity index (χ4v) is 1.12. The van der Waals surface area contributed by atoms with Crippen molar-refractivity contribution in [2.75, 3.05) is 7.11 Å². The molecule has 0 saturated carbocycles. The molecule has 0 fully saturated rings. The Morgan fingerprint density at radius 2 is 2.33 bits per heavy atom. The van der Waals surface area contributed by atoms with Crippen molar-refractivity contribution in [2.24, 2.45) is 0 Å². The molecular formula is C10H8NO. The van der Waals surface area contributed by atoms with Crippen LogP contribution in [0.4, 0.5) is 0 Å². The molecule has 0 saturated heterocycles. The Morgan fingerprint density at radius 1 is 1.42 bits per heavy atom. The first-order valence-corrected chi connectivity index (χ1v) is 3.70. The predicted molar refractivity (Wildman–Crippen MR) is 47.1 cm³/mol. The summed E-state index contributed by atoms with van der Waals surface area (Å²) in [5.74, 6) is 0.834. The highest BCUT2D eigenvalue weighted by Gasteiger charge is 1.94. The van der Waals surface area contributed by atoms with Gasteiger partial charge in [-0.25, -0.2) is 0 Å². The van der Waals surface area contributed by atoms with Crippen molar-refractivity contribution in [3.8, 4) is 5.75 Å².